The summed E-state index contributed by atoms with van der Waals surface area (Å²) in [6, 6.07) is 7.53. The zero-order chi connectivity index (χ0) is 12.3. The van der Waals surface area contributed by atoms with Crippen LogP contribution in [-0.4, -0.2) is 18.7 Å². The molecular formula is C13H15NO3. The lowest BCUT2D eigenvalue weighted by Crippen LogP contribution is -2.24. The van der Waals surface area contributed by atoms with Gasteiger partial charge >= 0.3 is 5.97 Å². The van der Waals surface area contributed by atoms with Crippen LogP contribution in [0.3, 0.4) is 0 Å². The standard InChI is InChI=1S/C13H15NO3/c1-9(15)17-12-6-7-13(16-8-12)10-2-4-11(14)5-3-10/h2-7,12-13H,8,14H2,1H3. The third-order valence-electron chi connectivity index (χ3n) is 2.52. The Morgan fingerprint density at radius 2 is 2.06 bits per heavy atom. The van der Waals surface area contributed by atoms with E-state index in [1.165, 1.54) is 6.92 Å². The topological polar surface area (TPSA) is 61.5 Å². The van der Waals surface area contributed by atoms with E-state index in [-0.39, 0.29) is 18.2 Å². The number of carbonyl (C=O) groups excluding carboxylic acids is 1. The highest BCUT2D eigenvalue weighted by Gasteiger charge is 2.19. The maximum Gasteiger partial charge on any atom is 0.303 e. The fraction of sp³-hybridized carbons (Fsp3) is 0.308. The summed E-state index contributed by atoms with van der Waals surface area (Å²) >= 11 is 0. The number of hydrogen-bond donors (Lipinski definition) is 1. The van der Waals surface area contributed by atoms with Crippen molar-refractivity contribution in [2.24, 2.45) is 0 Å². The van der Waals surface area contributed by atoms with E-state index in [0.29, 0.717) is 6.61 Å². The second-order valence-corrected chi connectivity index (χ2v) is 3.95. The van der Waals surface area contributed by atoms with Gasteiger partial charge in [-0.1, -0.05) is 18.2 Å². The van der Waals surface area contributed by atoms with Gasteiger partial charge in [0.2, 0.25) is 0 Å². The largest absolute Gasteiger partial charge is 0.456 e. The fourth-order valence-corrected chi connectivity index (χ4v) is 1.71. The molecule has 0 fully saturated rings. The maximum absolute atomic E-state index is 10.8. The van der Waals surface area contributed by atoms with Gasteiger partial charge < -0.3 is 15.2 Å². The summed E-state index contributed by atoms with van der Waals surface area (Å²) in [5, 5.41) is 0. The Kier molecular flexibility index (Phi) is 3.44. The van der Waals surface area contributed by atoms with Crippen molar-refractivity contribution >= 4 is 11.7 Å². The van der Waals surface area contributed by atoms with Crippen LogP contribution in [0.4, 0.5) is 5.69 Å². The highest BCUT2D eigenvalue weighted by Crippen LogP contribution is 2.24. The second kappa shape index (κ2) is 5.01. The van der Waals surface area contributed by atoms with Gasteiger partial charge in [0.15, 0.2) is 0 Å². The first kappa shape index (κ1) is 11.7. The molecule has 2 unspecified atom stereocenters. The molecule has 0 aliphatic carbocycles. The average molecular weight is 233 g/mol. The molecule has 0 spiro atoms. The lowest BCUT2D eigenvalue weighted by atomic mass is 10.1. The average Bonchev–Trinajstić information content (AvgIpc) is 2.30. The zero-order valence-corrected chi connectivity index (χ0v) is 9.63. The summed E-state index contributed by atoms with van der Waals surface area (Å²) < 4.78 is 10.6. The number of nitrogens with two attached hydrogens (primary N) is 1. The van der Waals surface area contributed by atoms with E-state index in [1.54, 1.807) is 0 Å². The Bertz CT molecular complexity index is 425. The Balaban J connectivity index is 2.02. The number of ether oxygens (including phenoxy) is 2. The molecule has 90 valence electrons. The van der Waals surface area contributed by atoms with E-state index in [9.17, 15) is 4.79 Å². The molecule has 2 N–H and O–H groups in total. The van der Waals surface area contributed by atoms with Gasteiger partial charge in [-0.05, 0) is 23.8 Å². The third-order valence-corrected chi connectivity index (χ3v) is 2.52. The van der Waals surface area contributed by atoms with E-state index in [2.05, 4.69) is 0 Å². The van der Waals surface area contributed by atoms with Crippen molar-refractivity contribution < 1.29 is 14.3 Å². The molecule has 1 aliphatic heterocycles. The first-order chi connectivity index (χ1) is 8.15. The maximum atomic E-state index is 10.8. The summed E-state index contributed by atoms with van der Waals surface area (Å²) in [5.74, 6) is -0.297. The summed E-state index contributed by atoms with van der Waals surface area (Å²) in [6.45, 7) is 1.77. The van der Waals surface area contributed by atoms with Gasteiger partial charge in [-0.3, -0.25) is 4.79 Å². The highest BCUT2D eigenvalue weighted by molar-refractivity contribution is 5.66. The number of rotatable bonds is 2. The van der Waals surface area contributed by atoms with Gasteiger partial charge in [0, 0.05) is 12.6 Å². The van der Waals surface area contributed by atoms with Crippen molar-refractivity contribution in [3.05, 3.63) is 42.0 Å². The van der Waals surface area contributed by atoms with Crippen LogP contribution >= 0.6 is 0 Å². The molecule has 1 aromatic carbocycles. The van der Waals surface area contributed by atoms with Gasteiger partial charge in [-0.25, -0.2) is 0 Å². The van der Waals surface area contributed by atoms with E-state index >= 15 is 0 Å². The van der Waals surface area contributed by atoms with Crippen molar-refractivity contribution in [2.75, 3.05) is 12.3 Å². The lowest BCUT2D eigenvalue weighted by molar-refractivity contribution is -0.148. The van der Waals surface area contributed by atoms with Crippen molar-refractivity contribution in [2.45, 2.75) is 19.1 Å². The minimum Gasteiger partial charge on any atom is -0.456 e. The van der Waals surface area contributed by atoms with Crippen LogP contribution in [0.1, 0.15) is 18.6 Å². The molecule has 0 saturated heterocycles. The van der Waals surface area contributed by atoms with E-state index in [0.717, 1.165) is 11.3 Å². The van der Waals surface area contributed by atoms with Crippen LogP contribution in [0.5, 0.6) is 0 Å². The molecule has 2 atom stereocenters. The number of nitrogen functional groups attached to an aromatic ring is 1. The third kappa shape index (κ3) is 3.07. The van der Waals surface area contributed by atoms with Crippen molar-refractivity contribution in [1.29, 1.82) is 0 Å². The quantitative estimate of drug-likeness (QED) is 0.481. The molecule has 0 aromatic heterocycles. The van der Waals surface area contributed by atoms with E-state index in [1.807, 2.05) is 36.4 Å². The highest BCUT2D eigenvalue weighted by atomic mass is 16.6. The summed E-state index contributed by atoms with van der Waals surface area (Å²) in [4.78, 5) is 10.8. The molecular weight excluding hydrogens is 218 g/mol. The number of carbonyl (C=O) groups is 1. The van der Waals surface area contributed by atoms with Crippen molar-refractivity contribution in [1.82, 2.24) is 0 Å². The molecule has 0 amide bonds. The molecule has 1 heterocycles. The number of esters is 1. The van der Waals surface area contributed by atoms with Gasteiger partial charge in [0.1, 0.15) is 12.2 Å². The first-order valence-electron chi connectivity index (χ1n) is 5.48. The van der Waals surface area contributed by atoms with Gasteiger partial charge in [0.25, 0.3) is 0 Å². The Morgan fingerprint density at radius 1 is 1.35 bits per heavy atom. The van der Waals surface area contributed by atoms with Gasteiger partial charge in [-0.15, -0.1) is 0 Å². The van der Waals surface area contributed by atoms with Crippen LogP contribution in [0.15, 0.2) is 36.4 Å². The summed E-state index contributed by atoms with van der Waals surface area (Å²) in [6.07, 6.45) is 3.37. The number of anilines is 1. The van der Waals surface area contributed by atoms with Gasteiger partial charge in [-0.2, -0.15) is 0 Å². The van der Waals surface area contributed by atoms with Gasteiger partial charge in [0.05, 0.1) is 6.61 Å². The molecule has 17 heavy (non-hydrogen) atoms. The summed E-state index contributed by atoms with van der Waals surface area (Å²) in [7, 11) is 0. The molecule has 0 saturated carbocycles. The van der Waals surface area contributed by atoms with Crippen LogP contribution in [0.25, 0.3) is 0 Å². The molecule has 4 heteroatoms. The molecule has 1 aliphatic rings. The van der Waals surface area contributed by atoms with Crippen molar-refractivity contribution in [3.63, 3.8) is 0 Å². The van der Waals surface area contributed by atoms with Crippen LogP contribution in [0, 0.1) is 0 Å². The summed E-state index contributed by atoms with van der Waals surface area (Å²) in [5.41, 5.74) is 7.38. The van der Waals surface area contributed by atoms with Crippen LogP contribution in [-0.2, 0) is 14.3 Å². The molecule has 1 aromatic rings. The Labute approximate surface area is 100 Å². The first-order valence-corrected chi connectivity index (χ1v) is 5.48. The second-order valence-electron chi connectivity index (χ2n) is 3.95. The predicted molar refractivity (Wildman–Crippen MR) is 64.2 cm³/mol. The lowest BCUT2D eigenvalue weighted by Gasteiger charge is -2.23. The normalized spacial score (nSPS) is 23.4. The fourth-order valence-electron chi connectivity index (χ4n) is 1.71. The van der Waals surface area contributed by atoms with Crippen LogP contribution < -0.4 is 5.73 Å². The molecule has 0 bridgehead atoms. The Morgan fingerprint density at radius 3 is 2.59 bits per heavy atom. The minimum absolute atomic E-state index is 0.0950. The number of benzene rings is 1. The van der Waals surface area contributed by atoms with Crippen LogP contribution in [0.2, 0.25) is 0 Å². The predicted octanol–water partition coefficient (Wildman–Crippen LogP) is 1.83. The SMILES string of the molecule is CC(=O)OC1C=CC(c2ccc(N)cc2)OC1. The Hall–Kier alpha value is -1.81. The molecule has 2 rings (SSSR count). The van der Waals surface area contributed by atoms with E-state index in [4.69, 9.17) is 15.2 Å². The smallest absolute Gasteiger partial charge is 0.303 e. The number of hydrogen-bond acceptors (Lipinski definition) is 4. The minimum atomic E-state index is -0.297. The van der Waals surface area contributed by atoms with Crippen molar-refractivity contribution in [3.8, 4) is 0 Å². The molecule has 0 radical (unpaired) electrons. The van der Waals surface area contributed by atoms with E-state index < -0.39 is 0 Å². The zero-order valence-electron chi connectivity index (χ0n) is 9.63. The monoisotopic (exact) mass is 233 g/mol. The molecule has 4 nitrogen and oxygen atoms in total.